The molecule has 0 amide bonds. The number of hydrogen-bond donors (Lipinski definition) is 0. The molecule has 4 heterocycles. The fourth-order valence-electron chi connectivity index (χ4n) is 4.05. The molecule has 0 radical (unpaired) electrons. The van der Waals surface area contributed by atoms with Gasteiger partial charge in [-0.25, -0.2) is 0 Å². The maximum atomic E-state index is 12.9. The van der Waals surface area contributed by atoms with Gasteiger partial charge in [0.2, 0.25) is 5.78 Å². The van der Waals surface area contributed by atoms with Gasteiger partial charge in [0.1, 0.15) is 18.2 Å². The maximum absolute atomic E-state index is 12.9. The zero-order valence-corrected chi connectivity index (χ0v) is 17.3. The normalized spacial score (nSPS) is 21.0. The third-order valence-electron chi connectivity index (χ3n) is 5.65. The Morgan fingerprint density at radius 1 is 1.17 bits per heavy atom. The average Bonchev–Trinajstić information content (AvgIpc) is 3.37. The third-order valence-corrected chi connectivity index (χ3v) is 6.47. The molecule has 0 unspecified atom stereocenters. The number of rotatable bonds is 4. The van der Waals surface area contributed by atoms with E-state index in [0.29, 0.717) is 23.8 Å². The van der Waals surface area contributed by atoms with Crippen LogP contribution in [-0.4, -0.2) is 61.7 Å². The molecule has 5 rings (SSSR count). The van der Waals surface area contributed by atoms with Crippen LogP contribution in [0.4, 0.5) is 0 Å². The Kier molecular flexibility index (Phi) is 5.13. The molecule has 0 saturated carbocycles. The van der Waals surface area contributed by atoms with Crippen LogP contribution in [0, 0.1) is 6.92 Å². The predicted octanol–water partition coefficient (Wildman–Crippen LogP) is 3.16. The van der Waals surface area contributed by atoms with Gasteiger partial charge >= 0.3 is 0 Å². The molecule has 0 bridgehead atoms. The summed E-state index contributed by atoms with van der Waals surface area (Å²) in [6.07, 6.45) is 1.82. The van der Waals surface area contributed by atoms with E-state index in [2.05, 4.69) is 9.80 Å². The summed E-state index contributed by atoms with van der Waals surface area (Å²) in [7, 11) is 0. The molecule has 1 saturated heterocycles. The molecule has 0 atom stereocenters. The highest BCUT2D eigenvalue weighted by Gasteiger charge is 2.33. The van der Waals surface area contributed by atoms with Gasteiger partial charge < -0.3 is 14.2 Å². The number of hydrogen-bond acceptors (Lipinski definition) is 7. The molecule has 0 aliphatic carbocycles. The lowest BCUT2D eigenvalue weighted by Crippen LogP contribution is -2.43. The van der Waals surface area contributed by atoms with E-state index in [9.17, 15) is 4.79 Å². The molecular formula is C22H24N2O4S. The van der Waals surface area contributed by atoms with Crippen LogP contribution in [0.25, 0.3) is 6.08 Å². The van der Waals surface area contributed by atoms with E-state index >= 15 is 0 Å². The van der Waals surface area contributed by atoms with E-state index in [1.807, 2.05) is 36.6 Å². The van der Waals surface area contributed by atoms with Gasteiger partial charge in [-0.05, 0) is 24.4 Å². The zero-order chi connectivity index (χ0) is 19.8. The fraction of sp³-hybridized carbons (Fsp3) is 0.409. The van der Waals surface area contributed by atoms with Crippen molar-refractivity contribution in [3.8, 4) is 11.5 Å². The summed E-state index contributed by atoms with van der Waals surface area (Å²) < 4.78 is 17.4. The number of nitrogens with zero attached hydrogens (tertiary/aromatic N) is 2. The lowest BCUT2D eigenvalue weighted by Gasteiger charge is -2.33. The second kappa shape index (κ2) is 7.91. The second-order valence-corrected chi connectivity index (χ2v) is 8.58. The molecule has 3 aliphatic heterocycles. The summed E-state index contributed by atoms with van der Waals surface area (Å²) in [5, 5.41) is 1.99. The molecule has 0 N–H and O–H groups in total. The summed E-state index contributed by atoms with van der Waals surface area (Å²) in [5.74, 6) is 1.83. The lowest BCUT2D eigenvalue weighted by molar-refractivity contribution is 0.0239. The Hall–Kier alpha value is -2.19. The first-order chi connectivity index (χ1) is 14.2. The predicted molar refractivity (Wildman–Crippen MR) is 112 cm³/mol. The van der Waals surface area contributed by atoms with Gasteiger partial charge in [-0.2, -0.15) is 0 Å². The van der Waals surface area contributed by atoms with Gasteiger partial charge in [-0.3, -0.25) is 14.6 Å². The van der Waals surface area contributed by atoms with Crippen molar-refractivity contribution in [3.63, 3.8) is 0 Å². The quantitative estimate of drug-likeness (QED) is 0.719. The van der Waals surface area contributed by atoms with Crippen LogP contribution < -0.4 is 9.47 Å². The topological polar surface area (TPSA) is 51.2 Å². The minimum atomic E-state index is -0.0512. The molecule has 6 nitrogen and oxygen atoms in total. The van der Waals surface area contributed by atoms with Crippen LogP contribution in [0.2, 0.25) is 0 Å². The molecule has 152 valence electrons. The number of ether oxygens (including phenoxy) is 3. The summed E-state index contributed by atoms with van der Waals surface area (Å²) in [6.45, 7) is 8.86. The van der Waals surface area contributed by atoms with Crippen LogP contribution in [0.15, 0.2) is 29.3 Å². The Labute approximate surface area is 174 Å². The number of carbonyl (C=O) groups excluding carboxylic acids is 1. The number of thiophene rings is 1. The molecule has 1 aromatic heterocycles. The smallest absolute Gasteiger partial charge is 0.232 e. The SMILES string of the molecule is Cc1c2c(cc3c1OC(=Cc1cccs1)C3=O)CN(CCN1CCOCC1)CO2. The highest BCUT2D eigenvalue weighted by atomic mass is 32.1. The van der Waals surface area contributed by atoms with Crippen LogP contribution in [0.5, 0.6) is 11.5 Å². The van der Waals surface area contributed by atoms with Crippen molar-refractivity contribution in [3.05, 3.63) is 50.9 Å². The number of ketones is 1. The van der Waals surface area contributed by atoms with E-state index in [1.54, 1.807) is 11.3 Å². The van der Waals surface area contributed by atoms with E-state index < -0.39 is 0 Å². The van der Waals surface area contributed by atoms with E-state index in [0.717, 1.165) is 67.7 Å². The van der Waals surface area contributed by atoms with Crippen molar-refractivity contribution in [2.45, 2.75) is 13.5 Å². The molecule has 0 spiro atoms. The molecule has 7 heteroatoms. The standard InChI is InChI=1S/C22H24N2O4S/c1-15-21-16(13-24(14-27-21)5-4-23-6-8-26-9-7-23)11-18-20(25)19(28-22(15)18)12-17-3-2-10-29-17/h2-3,10-12H,4-9,13-14H2,1H3. The van der Waals surface area contributed by atoms with E-state index in [1.165, 1.54) is 0 Å². The number of allylic oxidation sites excluding steroid dienone is 1. The van der Waals surface area contributed by atoms with Crippen molar-refractivity contribution in [1.82, 2.24) is 9.80 Å². The Bertz CT molecular complexity index is 948. The fourth-order valence-corrected chi connectivity index (χ4v) is 4.70. The van der Waals surface area contributed by atoms with E-state index in [-0.39, 0.29) is 5.78 Å². The zero-order valence-electron chi connectivity index (χ0n) is 16.5. The summed E-state index contributed by atoms with van der Waals surface area (Å²) in [4.78, 5) is 18.6. The van der Waals surface area contributed by atoms with Gasteiger partial charge in [0.25, 0.3) is 0 Å². The first-order valence-electron chi connectivity index (χ1n) is 9.98. The first-order valence-corrected chi connectivity index (χ1v) is 10.9. The monoisotopic (exact) mass is 412 g/mol. The molecule has 1 aromatic carbocycles. The second-order valence-electron chi connectivity index (χ2n) is 7.60. The molecule has 3 aliphatic rings. The number of benzene rings is 1. The van der Waals surface area contributed by atoms with Crippen molar-refractivity contribution in [1.29, 1.82) is 0 Å². The van der Waals surface area contributed by atoms with E-state index in [4.69, 9.17) is 14.2 Å². The number of carbonyl (C=O) groups is 1. The number of fused-ring (bicyclic) bond motifs is 2. The van der Waals surface area contributed by atoms with Gasteiger partial charge in [-0.1, -0.05) is 6.07 Å². The van der Waals surface area contributed by atoms with Gasteiger partial charge in [0.05, 0.1) is 18.8 Å². The number of morpholine rings is 1. The third kappa shape index (κ3) is 3.71. The Morgan fingerprint density at radius 2 is 2.00 bits per heavy atom. The Morgan fingerprint density at radius 3 is 2.79 bits per heavy atom. The average molecular weight is 413 g/mol. The lowest BCUT2D eigenvalue weighted by atomic mass is 10.00. The first kappa shape index (κ1) is 18.8. The summed E-state index contributed by atoms with van der Waals surface area (Å²) in [6, 6.07) is 5.90. The maximum Gasteiger partial charge on any atom is 0.232 e. The van der Waals surface area contributed by atoms with Gasteiger partial charge in [0, 0.05) is 54.8 Å². The Balaban J connectivity index is 1.33. The van der Waals surface area contributed by atoms with Crippen LogP contribution in [0.3, 0.4) is 0 Å². The molecule has 1 fully saturated rings. The number of Topliss-reactive ketones (excluding diaryl/α,β-unsaturated/α-hetero) is 1. The van der Waals surface area contributed by atoms with Crippen LogP contribution >= 0.6 is 11.3 Å². The molecule has 2 aromatic rings. The van der Waals surface area contributed by atoms with Crippen molar-refractivity contribution in [2.24, 2.45) is 0 Å². The minimum absolute atomic E-state index is 0.0512. The largest absolute Gasteiger partial charge is 0.477 e. The molecule has 29 heavy (non-hydrogen) atoms. The van der Waals surface area contributed by atoms with Gasteiger partial charge in [0.15, 0.2) is 5.76 Å². The van der Waals surface area contributed by atoms with Gasteiger partial charge in [-0.15, -0.1) is 11.3 Å². The van der Waals surface area contributed by atoms with Crippen molar-refractivity contribution < 1.29 is 19.0 Å². The van der Waals surface area contributed by atoms with Crippen molar-refractivity contribution in [2.75, 3.05) is 46.1 Å². The molecular weight excluding hydrogens is 388 g/mol. The summed E-state index contributed by atoms with van der Waals surface area (Å²) in [5.41, 5.74) is 2.61. The van der Waals surface area contributed by atoms with Crippen LogP contribution in [-0.2, 0) is 11.3 Å². The highest BCUT2D eigenvalue weighted by molar-refractivity contribution is 7.10. The summed E-state index contributed by atoms with van der Waals surface area (Å²) >= 11 is 1.59. The highest BCUT2D eigenvalue weighted by Crippen LogP contribution is 2.43. The minimum Gasteiger partial charge on any atom is -0.477 e. The van der Waals surface area contributed by atoms with Crippen LogP contribution in [0.1, 0.15) is 26.4 Å². The van der Waals surface area contributed by atoms with Crippen molar-refractivity contribution >= 4 is 23.2 Å².